The molecule has 8 heteroatoms. The average Bonchev–Trinajstić information content (AvgIpc) is 3.75. The van der Waals surface area contributed by atoms with Crippen LogP contribution in [0, 0.1) is 11.3 Å². The molecule has 7 nitrogen and oxygen atoms in total. The summed E-state index contributed by atoms with van der Waals surface area (Å²) in [6.45, 7) is 0. The number of nitrogens with zero attached hydrogens (tertiary/aromatic N) is 2. The molecule has 2 atom stereocenters. The summed E-state index contributed by atoms with van der Waals surface area (Å²) in [6.07, 6.45) is 5.99. The van der Waals surface area contributed by atoms with E-state index in [1.165, 1.54) is 0 Å². The smallest absolute Gasteiger partial charge is 0.268 e. The van der Waals surface area contributed by atoms with Gasteiger partial charge in [0.1, 0.15) is 23.4 Å². The fraction of sp³-hybridized carbons (Fsp3) is 0.360. The molecule has 0 radical (unpaired) electrons. The quantitative estimate of drug-likeness (QED) is 0.490. The van der Waals surface area contributed by atoms with Crippen molar-refractivity contribution in [2.45, 2.75) is 55.8 Å². The van der Waals surface area contributed by atoms with Crippen molar-refractivity contribution < 1.29 is 14.0 Å². The molecule has 2 aliphatic carbocycles. The summed E-state index contributed by atoms with van der Waals surface area (Å²) in [5.41, 5.74) is 0.425. The number of nitrogens with one attached hydrogen (secondary N) is 3. The minimum absolute atomic E-state index is 0.132. The van der Waals surface area contributed by atoms with Crippen molar-refractivity contribution in [1.29, 1.82) is 5.26 Å². The molecule has 1 aromatic carbocycles. The van der Waals surface area contributed by atoms with Crippen LogP contribution in [0.1, 0.15) is 65.8 Å². The number of halogens is 1. The number of benzene rings is 1. The topological polar surface area (TPSA) is 111 Å². The van der Waals surface area contributed by atoms with Crippen molar-refractivity contribution in [2.75, 3.05) is 0 Å². The molecule has 2 fully saturated rings. The maximum absolute atomic E-state index is 14.6. The van der Waals surface area contributed by atoms with Crippen LogP contribution >= 0.6 is 0 Å². The molecule has 0 bridgehead atoms. The van der Waals surface area contributed by atoms with Crippen LogP contribution in [0.2, 0.25) is 0 Å². The average molecular weight is 445 g/mol. The number of rotatable bonds is 8. The van der Waals surface area contributed by atoms with Gasteiger partial charge in [-0.3, -0.25) is 14.6 Å². The summed E-state index contributed by atoms with van der Waals surface area (Å²) in [6, 6.07) is 11.0. The van der Waals surface area contributed by atoms with Crippen molar-refractivity contribution in [3.63, 3.8) is 0 Å². The van der Waals surface area contributed by atoms with Gasteiger partial charge in [0, 0.05) is 35.5 Å². The minimum atomic E-state index is -1.46. The maximum atomic E-state index is 14.6. The lowest BCUT2D eigenvalue weighted by Gasteiger charge is -2.22. The van der Waals surface area contributed by atoms with Crippen LogP contribution in [0.25, 0.3) is 10.8 Å². The van der Waals surface area contributed by atoms with E-state index < -0.39 is 29.6 Å². The second-order valence-electron chi connectivity index (χ2n) is 9.00. The molecule has 33 heavy (non-hydrogen) atoms. The molecule has 5 rings (SSSR count). The SMILES string of the molecule is N#CC(NC(=O)[C@H](CC1(F)CC1)NC(=O)c1ccc(C2CC2)[nH]1)c1cncc2ccccc12. The maximum Gasteiger partial charge on any atom is 0.268 e. The molecule has 3 aromatic rings. The fourth-order valence-electron chi connectivity index (χ4n) is 4.12. The highest BCUT2D eigenvalue weighted by atomic mass is 19.1. The third-order valence-electron chi connectivity index (χ3n) is 6.38. The number of hydrogen-bond acceptors (Lipinski definition) is 4. The number of carbonyl (C=O) groups excluding carboxylic acids is 2. The second kappa shape index (κ2) is 8.32. The number of alkyl halides is 1. The number of carbonyl (C=O) groups is 2. The van der Waals surface area contributed by atoms with Crippen LogP contribution in [-0.4, -0.2) is 33.5 Å². The van der Waals surface area contributed by atoms with E-state index in [0.717, 1.165) is 29.3 Å². The molecule has 2 aliphatic rings. The van der Waals surface area contributed by atoms with Gasteiger partial charge >= 0.3 is 0 Å². The summed E-state index contributed by atoms with van der Waals surface area (Å²) in [5, 5.41) is 16.8. The molecule has 2 saturated carbocycles. The number of nitriles is 1. The number of pyridine rings is 1. The van der Waals surface area contributed by atoms with Gasteiger partial charge in [-0.25, -0.2) is 4.39 Å². The molecular formula is C25H24FN5O2. The normalized spacial score (nSPS) is 18.2. The lowest BCUT2D eigenvalue weighted by molar-refractivity contribution is -0.124. The Hall–Kier alpha value is -3.73. The van der Waals surface area contributed by atoms with Gasteiger partial charge in [-0.2, -0.15) is 5.26 Å². The van der Waals surface area contributed by atoms with E-state index in [4.69, 9.17) is 0 Å². The highest BCUT2D eigenvalue weighted by Crippen LogP contribution is 2.44. The third kappa shape index (κ3) is 4.58. The number of H-pyrrole nitrogens is 1. The lowest BCUT2D eigenvalue weighted by Crippen LogP contribution is -2.49. The first-order valence-corrected chi connectivity index (χ1v) is 11.2. The second-order valence-corrected chi connectivity index (χ2v) is 9.00. The van der Waals surface area contributed by atoms with E-state index in [0.29, 0.717) is 30.0 Å². The lowest BCUT2D eigenvalue weighted by atomic mass is 10.0. The number of hydrogen-bond donors (Lipinski definition) is 3. The van der Waals surface area contributed by atoms with Crippen LogP contribution in [0.5, 0.6) is 0 Å². The molecule has 3 N–H and O–H groups in total. The number of aromatic amines is 1. The molecule has 0 saturated heterocycles. The van der Waals surface area contributed by atoms with Crippen LogP contribution in [-0.2, 0) is 4.79 Å². The van der Waals surface area contributed by atoms with E-state index in [2.05, 4.69) is 26.7 Å². The van der Waals surface area contributed by atoms with E-state index in [-0.39, 0.29) is 6.42 Å². The molecular weight excluding hydrogens is 421 g/mol. The van der Waals surface area contributed by atoms with Gasteiger partial charge in [-0.05, 0) is 49.1 Å². The Morgan fingerprint density at radius 2 is 1.97 bits per heavy atom. The summed E-state index contributed by atoms with van der Waals surface area (Å²) in [7, 11) is 0. The molecule has 1 unspecified atom stereocenters. The van der Waals surface area contributed by atoms with Crippen molar-refractivity contribution in [1.82, 2.24) is 20.6 Å². The zero-order valence-electron chi connectivity index (χ0n) is 18.0. The first-order chi connectivity index (χ1) is 16.0. The Kier molecular flexibility index (Phi) is 5.33. The fourth-order valence-corrected chi connectivity index (χ4v) is 4.12. The van der Waals surface area contributed by atoms with E-state index in [9.17, 15) is 19.2 Å². The Morgan fingerprint density at radius 1 is 1.18 bits per heavy atom. The number of amides is 2. The Balaban J connectivity index is 1.34. The number of fused-ring (bicyclic) bond motifs is 1. The van der Waals surface area contributed by atoms with Gasteiger partial charge in [0.25, 0.3) is 5.91 Å². The molecule has 2 amide bonds. The van der Waals surface area contributed by atoms with Crippen LogP contribution in [0.4, 0.5) is 4.39 Å². The third-order valence-corrected chi connectivity index (χ3v) is 6.38. The highest BCUT2D eigenvalue weighted by molar-refractivity contribution is 5.96. The van der Waals surface area contributed by atoms with Crippen molar-refractivity contribution in [3.8, 4) is 6.07 Å². The first kappa shape index (κ1) is 21.1. The van der Waals surface area contributed by atoms with Crippen LogP contribution < -0.4 is 10.6 Å². The Morgan fingerprint density at radius 3 is 2.70 bits per heavy atom. The summed E-state index contributed by atoms with van der Waals surface area (Å²) in [5.74, 6) is -0.607. The zero-order chi connectivity index (χ0) is 23.0. The van der Waals surface area contributed by atoms with Gasteiger partial charge in [0.05, 0.1) is 6.07 Å². The summed E-state index contributed by atoms with van der Waals surface area (Å²) >= 11 is 0. The van der Waals surface area contributed by atoms with Gasteiger partial charge in [0.15, 0.2) is 0 Å². The first-order valence-electron chi connectivity index (χ1n) is 11.2. The predicted octanol–water partition coefficient (Wildman–Crippen LogP) is 3.81. The van der Waals surface area contributed by atoms with Gasteiger partial charge in [-0.1, -0.05) is 24.3 Å². The van der Waals surface area contributed by atoms with Gasteiger partial charge < -0.3 is 15.6 Å². The molecule has 2 aromatic heterocycles. The van der Waals surface area contributed by atoms with Gasteiger partial charge in [0.2, 0.25) is 5.91 Å². The summed E-state index contributed by atoms with van der Waals surface area (Å²) in [4.78, 5) is 33.2. The summed E-state index contributed by atoms with van der Waals surface area (Å²) < 4.78 is 14.6. The molecule has 0 spiro atoms. The molecule has 2 heterocycles. The van der Waals surface area contributed by atoms with Gasteiger partial charge in [-0.15, -0.1) is 0 Å². The van der Waals surface area contributed by atoms with Crippen molar-refractivity contribution in [2.24, 2.45) is 0 Å². The van der Waals surface area contributed by atoms with E-state index >= 15 is 0 Å². The van der Waals surface area contributed by atoms with Crippen molar-refractivity contribution >= 4 is 22.6 Å². The molecule has 0 aliphatic heterocycles. The zero-order valence-corrected chi connectivity index (χ0v) is 18.0. The standard InChI is InChI=1S/C25H24FN5O2/c26-25(9-10-25)11-21(30-23(32)20-8-7-19(29-20)15-5-6-15)24(33)31-22(12-27)18-14-28-13-16-3-1-2-4-17(16)18/h1-4,7-8,13-15,21-22,29H,5-6,9-11H2,(H,30,32)(H,31,33)/t21-,22?/m0/s1. The van der Waals surface area contributed by atoms with E-state index in [1.54, 1.807) is 18.5 Å². The minimum Gasteiger partial charge on any atom is -0.354 e. The predicted molar refractivity (Wildman–Crippen MR) is 120 cm³/mol. The largest absolute Gasteiger partial charge is 0.354 e. The Labute approximate surface area is 190 Å². The molecule has 168 valence electrons. The van der Waals surface area contributed by atoms with Crippen LogP contribution in [0.15, 0.2) is 48.8 Å². The highest BCUT2D eigenvalue weighted by Gasteiger charge is 2.46. The van der Waals surface area contributed by atoms with E-state index in [1.807, 2.05) is 30.3 Å². The monoisotopic (exact) mass is 445 g/mol. The number of aromatic nitrogens is 2. The van der Waals surface area contributed by atoms with Crippen LogP contribution in [0.3, 0.4) is 0 Å². The van der Waals surface area contributed by atoms with Crippen molar-refractivity contribution in [3.05, 3.63) is 65.7 Å². The Bertz CT molecular complexity index is 1250.